The van der Waals surface area contributed by atoms with E-state index in [9.17, 15) is 0 Å². The van der Waals surface area contributed by atoms with Crippen LogP contribution in [-0.4, -0.2) is 18.6 Å². The molecule has 1 aliphatic heterocycles. The SMILES string of the molecule is ClC1CCCC(CC2CCOCC2)C1. The molecule has 1 saturated heterocycles. The molecule has 1 heterocycles. The lowest BCUT2D eigenvalue weighted by molar-refractivity contribution is 0.0564. The molecule has 0 aromatic heterocycles. The van der Waals surface area contributed by atoms with Crippen LogP contribution < -0.4 is 0 Å². The van der Waals surface area contributed by atoms with Crippen LogP contribution in [0.1, 0.15) is 44.9 Å². The first kappa shape index (κ1) is 10.8. The molecule has 2 atom stereocenters. The zero-order chi connectivity index (χ0) is 9.80. The van der Waals surface area contributed by atoms with Gasteiger partial charge in [-0.1, -0.05) is 12.8 Å². The molecule has 0 bridgehead atoms. The zero-order valence-corrected chi connectivity index (χ0v) is 9.64. The maximum absolute atomic E-state index is 6.20. The van der Waals surface area contributed by atoms with Crippen LogP contribution in [0.2, 0.25) is 0 Å². The summed E-state index contributed by atoms with van der Waals surface area (Å²) in [5, 5.41) is 0.466. The highest BCUT2D eigenvalue weighted by Gasteiger charge is 2.24. The smallest absolute Gasteiger partial charge is 0.0468 e. The van der Waals surface area contributed by atoms with Gasteiger partial charge >= 0.3 is 0 Å². The van der Waals surface area contributed by atoms with E-state index in [-0.39, 0.29) is 0 Å². The maximum Gasteiger partial charge on any atom is 0.0468 e. The van der Waals surface area contributed by atoms with Gasteiger partial charge < -0.3 is 4.74 Å². The predicted octanol–water partition coefficient (Wildman–Crippen LogP) is 3.60. The fourth-order valence-electron chi connectivity index (χ4n) is 2.89. The lowest BCUT2D eigenvalue weighted by Crippen LogP contribution is -2.22. The van der Waals surface area contributed by atoms with Gasteiger partial charge in [0, 0.05) is 18.6 Å². The first-order valence-electron chi connectivity index (χ1n) is 6.06. The van der Waals surface area contributed by atoms with Gasteiger partial charge in [0.05, 0.1) is 0 Å². The Labute approximate surface area is 92.2 Å². The monoisotopic (exact) mass is 216 g/mol. The van der Waals surface area contributed by atoms with Crippen LogP contribution in [0.15, 0.2) is 0 Å². The lowest BCUT2D eigenvalue weighted by Gasteiger charge is -2.30. The van der Waals surface area contributed by atoms with Gasteiger partial charge in [-0.3, -0.25) is 0 Å². The average Bonchev–Trinajstić information content (AvgIpc) is 2.19. The summed E-state index contributed by atoms with van der Waals surface area (Å²) in [6.07, 6.45) is 9.24. The van der Waals surface area contributed by atoms with Gasteiger partial charge in [0.15, 0.2) is 0 Å². The summed E-state index contributed by atoms with van der Waals surface area (Å²) in [5.74, 6) is 1.84. The molecule has 0 aromatic rings. The molecule has 0 spiro atoms. The van der Waals surface area contributed by atoms with Gasteiger partial charge in [-0.15, -0.1) is 11.6 Å². The maximum atomic E-state index is 6.20. The second kappa shape index (κ2) is 5.37. The molecule has 2 unspecified atom stereocenters. The third-order valence-corrected chi connectivity index (χ3v) is 4.12. The Morgan fingerprint density at radius 3 is 2.50 bits per heavy atom. The van der Waals surface area contributed by atoms with Crippen molar-refractivity contribution in [3.8, 4) is 0 Å². The van der Waals surface area contributed by atoms with E-state index in [0.29, 0.717) is 5.38 Å². The summed E-state index contributed by atoms with van der Waals surface area (Å²) < 4.78 is 5.38. The first-order valence-corrected chi connectivity index (χ1v) is 6.50. The second-order valence-corrected chi connectivity index (χ2v) is 5.54. The van der Waals surface area contributed by atoms with E-state index in [2.05, 4.69) is 0 Å². The van der Waals surface area contributed by atoms with Crippen LogP contribution in [0.5, 0.6) is 0 Å². The van der Waals surface area contributed by atoms with E-state index in [0.717, 1.165) is 25.0 Å². The molecular weight excluding hydrogens is 196 g/mol. The van der Waals surface area contributed by atoms with Crippen molar-refractivity contribution in [1.29, 1.82) is 0 Å². The number of ether oxygens (including phenoxy) is 1. The highest BCUT2D eigenvalue weighted by molar-refractivity contribution is 6.20. The lowest BCUT2D eigenvalue weighted by atomic mass is 9.80. The minimum Gasteiger partial charge on any atom is -0.381 e. The second-order valence-electron chi connectivity index (χ2n) is 4.92. The summed E-state index contributed by atoms with van der Waals surface area (Å²) in [6, 6.07) is 0. The molecule has 2 fully saturated rings. The van der Waals surface area contributed by atoms with Crippen molar-refractivity contribution in [1.82, 2.24) is 0 Å². The molecule has 82 valence electrons. The first-order chi connectivity index (χ1) is 6.84. The van der Waals surface area contributed by atoms with E-state index in [1.165, 1.54) is 44.9 Å². The fraction of sp³-hybridized carbons (Fsp3) is 1.00. The Hall–Kier alpha value is 0.250. The van der Waals surface area contributed by atoms with Gasteiger partial charge in [0.1, 0.15) is 0 Å². The predicted molar refractivity (Wildman–Crippen MR) is 59.8 cm³/mol. The van der Waals surface area contributed by atoms with E-state index in [1.54, 1.807) is 0 Å². The molecule has 1 aliphatic carbocycles. The summed E-state index contributed by atoms with van der Waals surface area (Å²) in [4.78, 5) is 0. The van der Waals surface area contributed by atoms with Crippen molar-refractivity contribution in [2.45, 2.75) is 50.3 Å². The van der Waals surface area contributed by atoms with E-state index in [1.807, 2.05) is 0 Å². The molecular formula is C12H21ClO. The van der Waals surface area contributed by atoms with Crippen LogP contribution in [0.3, 0.4) is 0 Å². The molecule has 2 heteroatoms. The van der Waals surface area contributed by atoms with Crippen molar-refractivity contribution >= 4 is 11.6 Å². The van der Waals surface area contributed by atoms with Crippen molar-refractivity contribution in [3.05, 3.63) is 0 Å². The van der Waals surface area contributed by atoms with Crippen molar-refractivity contribution in [3.63, 3.8) is 0 Å². The van der Waals surface area contributed by atoms with E-state index >= 15 is 0 Å². The average molecular weight is 217 g/mol. The summed E-state index contributed by atoms with van der Waals surface area (Å²) >= 11 is 6.20. The van der Waals surface area contributed by atoms with Crippen molar-refractivity contribution < 1.29 is 4.74 Å². The number of hydrogen-bond acceptors (Lipinski definition) is 1. The van der Waals surface area contributed by atoms with Crippen LogP contribution in [0, 0.1) is 11.8 Å². The molecule has 14 heavy (non-hydrogen) atoms. The van der Waals surface area contributed by atoms with Crippen molar-refractivity contribution in [2.24, 2.45) is 11.8 Å². The minimum atomic E-state index is 0.466. The summed E-state index contributed by atoms with van der Waals surface area (Å²) in [6.45, 7) is 1.98. The Balaban J connectivity index is 1.72. The van der Waals surface area contributed by atoms with Crippen molar-refractivity contribution in [2.75, 3.05) is 13.2 Å². The molecule has 2 aliphatic rings. The molecule has 1 nitrogen and oxygen atoms in total. The quantitative estimate of drug-likeness (QED) is 0.641. The third-order valence-electron chi connectivity index (χ3n) is 3.73. The molecule has 2 rings (SSSR count). The van der Waals surface area contributed by atoms with Crippen LogP contribution in [-0.2, 0) is 4.74 Å². The summed E-state index contributed by atoms with van der Waals surface area (Å²) in [7, 11) is 0. The molecule has 0 radical (unpaired) electrons. The third kappa shape index (κ3) is 3.13. The standard InChI is InChI=1S/C12H21ClO/c13-12-3-1-2-11(9-12)8-10-4-6-14-7-5-10/h10-12H,1-9H2. The van der Waals surface area contributed by atoms with Crippen LogP contribution >= 0.6 is 11.6 Å². The van der Waals surface area contributed by atoms with Gasteiger partial charge in [-0.25, -0.2) is 0 Å². The highest BCUT2D eigenvalue weighted by atomic mass is 35.5. The number of alkyl halides is 1. The molecule has 0 aromatic carbocycles. The van der Waals surface area contributed by atoms with Gasteiger partial charge in [0.2, 0.25) is 0 Å². The Kier molecular flexibility index (Phi) is 4.12. The zero-order valence-electron chi connectivity index (χ0n) is 8.88. The molecule has 0 N–H and O–H groups in total. The number of rotatable bonds is 2. The minimum absolute atomic E-state index is 0.466. The largest absolute Gasteiger partial charge is 0.381 e. The normalized spacial score (nSPS) is 35.8. The summed E-state index contributed by atoms with van der Waals surface area (Å²) in [5.41, 5.74) is 0. The van der Waals surface area contributed by atoms with E-state index in [4.69, 9.17) is 16.3 Å². The van der Waals surface area contributed by atoms with Crippen LogP contribution in [0.4, 0.5) is 0 Å². The number of halogens is 1. The molecule has 1 saturated carbocycles. The number of hydrogen-bond donors (Lipinski definition) is 0. The fourth-order valence-corrected chi connectivity index (χ4v) is 3.30. The topological polar surface area (TPSA) is 9.23 Å². The molecule has 0 amide bonds. The van der Waals surface area contributed by atoms with Gasteiger partial charge in [-0.2, -0.15) is 0 Å². The van der Waals surface area contributed by atoms with E-state index < -0.39 is 0 Å². The Bertz CT molecular complexity index is 166. The van der Waals surface area contributed by atoms with Gasteiger partial charge in [-0.05, 0) is 43.9 Å². The highest BCUT2D eigenvalue weighted by Crippen LogP contribution is 2.34. The Morgan fingerprint density at radius 2 is 1.79 bits per heavy atom. The van der Waals surface area contributed by atoms with Crippen LogP contribution in [0.25, 0.3) is 0 Å². The Morgan fingerprint density at radius 1 is 1.00 bits per heavy atom. The van der Waals surface area contributed by atoms with Gasteiger partial charge in [0.25, 0.3) is 0 Å².